The Kier molecular flexibility index (Phi) is 6.18. The second kappa shape index (κ2) is 9.41. The number of halogens is 1. The molecular weight excluding hydrogens is 466 g/mol. The van der Waals surface area contributed by atoms with Gasteiger partial charge in [0.2, 0.25) is 0 Å². The van der Waals surface area contributed by atoms with Gasteiger partial charge in [0, 0.05) is 23.8 Å². The molecule has 5 rings (SSSR count). The summed E-state index contributed by atoms with van der Waals surface area (Å²) in [5.41, 5.74) is 5.02. The van der Waals surface area contributed by atoms with Crippen molar-refractivity contribution in [1.29, 1.82) is 0 Å². The number of thiocarbonyl (C=S) groups is 1. The van der Waals surface area contributed by atoms with Crippen LogP contribution >= 0.6 is 23.8 Å². The zero-order valence-electron chi connectivity index (χ0n) is 18.3. The van der Waals surface area contributed by atoms with Crippen LogP contribution in [0.3, 0.4) is 0 Å². The highest BCUT2D eigenvalue weighted by Crippen LogP contribution is 2.31. The lowest BCUT2D eigenvalue weighted by atomic mass is 9.97. The van der Waals surface area contributed by atoms with Crippen LogP contribution < -0.4 is 15.1 Å². The number of hydrogen-bond donors (Lipinski definition) is 1. The Labute approximate surface area is 208 Å². The predicted octanol–water partition coefficient (Wildman–Crippen LogP) is 5.12. The Morgan fingerprint density at radius 2 is 1.82 bits per heavy atom. The number of nitrogens with zero attached hydrogens (tertiary/aromatic N) is 2. The Bertz CT molecular complexity index is 1320. The highest BCUT2D eigenvalue weighted by Gasteiger charge is 2.34. The number of carbonyl (C=O) groups is 2. The average Bonchev–Trinajstić information content (AvgIpc) is 2.82. The van der Waals surface area contributed by atoms with E-state index in [-0.39, 0.29) is 10.7 Å². The van der Waals surface area contributed by atoms with Crippen molar-refractivity contribution in [3.05, 3.63) is 100 Å². The van der Waals surface area contributed by atoms with Crippen molar-refractivity contribution < 1.29 is 9.59 Å². The second-order valence-corrected chi connectivity index (χ2v) is 9.16. The Balaban J connectivity index is 1.44. The number of rotatable bonds is 4. The number of hydrogen-bond acceptors (Lipinski definition) is 4. The summed E-state index contributed by atoms with van der Waals surface area (Å²) >= 11 is 11.4. The molecule has 0 radical (unpaired) electrons. The van der Waals surface area contributed by atoms with E-state index >= 15 is 0 Å². The fourth-order valence-corrected chi connectivity index (χ4v) is 4.89. The standard InChI is InChI=1S/C27H22ClN3O2S/c28-21-9-4-10-22(16-21)31-26(33)23(25(32)29-27(31)34)15-19-11-12-24-20(14-19)8-5-13-30(24)17-18-6-2-1-3-7-18/h1-4,6-7,9-12,14-16H,5,8,13,17H2,(H,29,32,34). The van der Waals surface area contributed by atoms with Crippen LogP contribution in [0.4, 0.5) is 11.4 Å². The smallest absolute Gasteiger partial charge is 0.270 e. The minimum Gasteiger partial charge on any atom is -0.367 e. The zero-order valence-corrected chi connectivity index (χ0v) is 19.9. The molecule has 34 heavy (non-hydrogen) atoms. The largest absolute Gasteiger partial charge is 0.367 e. The van der Waals surface area contributed by atoms with Gasteiger partial charge in [-0.15, -0.1) is 0 Å². The fraction of sp³-hybridized carbons (Fsp3) is 0.148. The molecule has 170 valence electrons. The van der Waals surface area contributed by atoms with Gasteiger partial charge < -0.3 is 4.90 Å². The van der Waals surface area contributed by atoms with Crippen LogP contribution in [0.5, 0.6) is 0 Å². The highest BCUT2D eigenvalue weighted by molar-refractivity contribution is 7.80. The number of aryl methyl sites for hydroxylation is 1. The van der Waals surface area contributed by atoms with E-state index in [0.717, 1.165) is 31.5 Å². The van der Waals surface area contributed by atoms with E-state index in [9.17, 15) is 9.59 Å². The molecule has 3 aromatic rings. The van der Waals surface area contributed by atoms with E-state index in [4.69, 9.17) is 23.8 Å². The van der Waals surface area contributed by atoms with Crippen molar-refractivity contribution in [1.82, 2.24) is 5.32 Å². The van der Waals surface area contributed by atoms with Gasteiger partial charge in [0.25, 0.3) is 11.8 Å². The molecule has 0 saturated carbocycles. The molecule has 2 heterocycles. The quantitative estimate of drug-likeness (QED) is 0.315. The summed E-state index contributed by atoms with van der Waals surface area (Å²) in [6, 6.07) is 23.3. The second-order valence-electron chi connectivity index (χ2n) is 8.34. The Morgan fingerprint density at radius 1 is 1.00 bits per heavy atom. The molecule has 5 nitrogen and oxygen atoms in total. The van der Waals surface area contributed by atoms with Crippen LogP contribution in [0.25, 0.3) is 6.08 Å². The molecule has 2 aliphatic heterocycles. The van der Waals surface area contributed by atoms with Gasteiger partial charge in [0.05, 0.1) is 5.69 Å². The van der Waals surface area contributed by atoms with E-state index < -0.39 is 11.8 Å². The Morgan fingerprint density at radius 3 is 2.62 bits per heavy atom. The minimum atomic E-state index is -0.503. The van der Waals surface area contributed by atoms with Gasteiger partial charge in [0.15, 0.2) is 5.11 Å². The van der Waals surface area contributed by atoms with E-state index in [1.165, 1.54) is 21.7 Å². The average molecular weight is 488 g/mol. The molecule has 0 aliphatic carbocycles. The van der Waals surface area contributed by atoms with Gasteiger partial charge in [0.1, 0.15) is 5.57 Å². The van der Waals surface area contributed by atoms with Crippen molar-refractivity contribution >= 4 is 58.2 Å². The normalized spacial score (nSPS) is 17.1. The molecule has 0 aromatic heterocycles. The number of nitrogens with one attached hydrogen (secondary N) is 1. The molecule has 0 bridgehead atoms. The number of carbonyl (C=O) groups excluding carboxylic acids is 2. The lowest BCUT2D eigenvalue weighted by molar-refractivity contribution is -0.122. The molecule has 0 atom stereocenters. The van der Waals surface area contributed by atoms with Gasteiger partial charge in [-0.05, 0) is 78.2 Å². The summed E-state index contributed by atoms with van der Waals surface area (Å²) in [5, 5.41) is 3.14. The molecule has 1 fully saturated rings. The summed E-state index contributed by atoms with van der Waals surface area (Å²) in [4.78, 5) is 29.6. The van der Waals surface area contributed by atoms with Crippen LogP contribution in [0.15, 0.2) is 78.4 Å². The van der Waals surface area contributed by atoms with Crippen molar-refractivity contribution in [2.75, 3.05) is 16.3 Å². The predicted molar refractivity (Wildman–Crippen MR) is 140 cm³/mol. The van der Waals surface area contributed by atoms with Crippen LogP contribution in [0, 0.1) is 0 Å². The van der Waals surface area contributed by atoms with E-state index in [2.05, 4.69) is 46.6 Å². The zero-order chi connectivity index (χ0) is 23.7. The van der Waals surface area contributed by atoms with Gasteiger partial charge in [-0.2, -0.15) is 0 Å². The van der Waals surface area contributed by atoms with Gasteiger partial charge in [-0.25, -0.2) is 0 Å². The van der Waals surface area contributed by atoms with Crippen molar-refractivity contribution in [3.63, 3.8) is 0 Å². The SMILES string of the molecule is O=C1NC(=S)N(c2cccc(Cl)c2)C(=O)C1=Cc1ccc2c(c1)CCCN2Cc1ccccc1. The molecule has 1 N–H and O–H groups in total. The molecular formula is C27H22ClN3O2S. The fourth-order valence-electron chi connectivity index (χ4n) is 4.43. The molecule has 1 saturated heterocycles. The monoisotopic (exact) mass is 487 g/mol. The van der Waals surface area contributed by atoms with Gasteiger partial charge in [-0.3, -0.25) is 19.8 Å². The summed E-state index contributed by atoms with van der Waals surface area (Å²) < 4.78 is 0. The third-order valence-corrected chi connectivity index (χ3v) is 6.53. The van der Waals surface area contributed by atoms with E-state index in [1.54, 1.807) is 30.3 Å². The Hall–Kier alpha value is -3.48. The summed E-state index contributed by atoms with van der Waals surface area (Å²) in [6.45, 7) is 1.84. The maximum Gasteiger partial charge on any atom is 0.270 e. The van der Waals surface area contributed by atoms with Crippen molar-refractivity contribution in [2.24, 2.45) is 0 Å². The van der Waals surface area contributed by atoms with Crippen LogP contribution in [-0.4, -0.2) is 23.5 Å². The molecule has 3 aromatic carbocycles. The maximum absolute atomic E-state index is 13.3. The van der Waals surface area contributed by atoms with Crippen LogP contribution in [0.1, 0.15) is 23.1 Å². The number of benzene rings is 3. The van der Waals surface area contributed by atoms with Crippen molar-refractivity contribution in [3.8, 4) is 0 Å². The molecule has 0 spiro atoms. The third-order valence-electron chi connectivity index (χ3n) is 6.01. The minimum absolute atomic E-state index is 0.0328. The summed E-state index contributed by atoms with van der Waals surface area (Å²) in [6.07, 6.45) is 3.64. The lowest BCUT2D eigenvalue weighted by Crippen LogP contribution is -2.54. The number of fused-ring (bicyclic) bond motifs is 1. The van der Waals surface area contributed by atoms with E-state index in [1.807, 2.05) is 12.1 Å². The summed E-state index contributed by atoms with van der Waals surface area (Å²) in [7, 11) is 0. The van der Waals surface area contributed by atoms with Crippen molar-refractivity contribution in [2.45, 2.75) is 19.4 Å². The molecule has 7 heteroatoms. The first-order valence-corrected chi connectivity index (χ1v) is 11.9. The number of anilines is 2. The van der Waals surface area contributed by atoms with Gasteiger partial charge in [-0.1, -0.05) is 54.1 Å². The first-order chi connectivity index (χ1) is 16.5. The molecule has 0 unspecified atom stereocenters. The third kappa shape index (κ3) is 4.47. The van der Waals surface area contributed by atoms with Gasteiger partial charge >= 0.3 is 0 Å². The van der Waals surface area contributed by atoms with Crippen LogP contribution in [-0.2, 0) is 22.6 Å². The number of amides is 2. The first-order valence-electron chi connectivity index (χ1n) is 11.1. The molecule has 2 aliphatic rings. The lowest BCUT2D eigenvalue weighted by Gasteiger charge is -2.32. The molecule has 2 amide bonds. The highest BCUT2D eigenvalue weighted by atomic mass is 35.5. The maximum atomic E-state index is 13.3. The topological polar surface area (TPSA) is 52.7 Å². The van der Waals surface area contributed by atoms with Crippen LogP contribution in [0.2, 0.25) is 5.02 Å². The summed E-state index contributed by atoms with van der Waals surface area (Å²) in [5.74, 6) is -0.976. The van der Waals surface area contributed by atoms with E-state index in [0.29, 0.717) is 10.7 Å². The first kappa shape index (κ1) is 22.3.